The first kappa shape index (κ1) is 13.3. The van der Waals surface area contributed by atoms with Crippen molar-refractivity contribution in [3.63, 3.8) is 0 Å². The van der Waals surface area contributed by atoms with Crippen molar-refractivity contribution in [3.05, 3.63) is 18.3 Å². The van der Waals surface area contributed by atoms with Gasteiger partial charge in [0.15, 0.2) is 0 Å². The van der Waals surface area contributed by atoms with E-state index in [1.54, 1.807) is 0 Å². The molecular formula is C12H19N3O2S. The van der Waals surface area contributed by atoms with Gasteiger partial charge in [0.1, 0.15) is 5.82 Å². The molecule has 0 bridgehead atoms. The molecule has 18 heavy (non-hydrogen) atoms. The highest BCUT2D eigenvalue weighted by Crippen LogP contribution is 2.24. The van der Waals surface area contributed by atoms with Crippen LogP contribution < -0.4 is 10.5 Å². The van der Waals surface area contributed by atoms with Crippen molar-refractivity contribution < 1.29 is 8.42 Å². The first-order chi connectivity index (χ1) is 8.47. The van der Waals surface area contributed by atoms with Crippen molar-refractivity contribution in [2.75, 3.05) is 5.73 Å². The van der Waals surface area contributed by atoms with Gasteiger partial charge in [-0.05, 0) is 24.8 Å². The predicted octanol–water partition coefficient (Wildman–Crippen LogP) is 1.52. The summed E-state index contributed by atoms with van der Waals surface area (Å²) in [5.41, 5.74) is 5.51. The van der Waals surface area contributed by atoms with Crippen LogP contribution in [0.4, 0.5) is 5.82 Å². The molecule has 100 valence electrons. The number of hydrogen-bond acceptors (Lipinski definition) is 4. The summed E-state index contributed by atoms with van der Waals surface area (Å²) in [6.07, 6.45) is 5.48. The third-order valence-corrected chi connectivity index (χ3v) is 4.84. The van der Waals surface area contributed by atoms with E-state index in [4.69, 9.17) is 5.73 Å². The van der Waals surface area contributed by atoms with E-state index in [2.05, 4.69) is 16.6 Å². The van der Waals surface area contributed by atoms with Crippen LogP contribution in [0.3, 0.4) is 0 Å². The number of hydrogen-bond donors (Lipinski definition) is 2. The van der Waals surface area contributed by atoms with Crippen LogP contribution in [-0.4, -0.2) is 19.4 Å². The van der Waals surface area contributed by atoms with Crippen molar-refractivity contribution in [3.8, 4) is 0 Å². The molecule has 1 aromatic heterocycles. The molecule has 3 N–H and O–H groups in total. The Kier molecular flexibility index (Phi) is 3.87. The molecular weight excluding hydrogens is 250 g/mol. The topological polar surface area (TPSA) is 85.1 Å². The van der Waals surface area contributed by atoms with Gasteiger partial charge in [0.2, 0.25) is 10.0 Å². The fourth-order valence-electron chi connectivity index (χ4n) is 2.42. The molecule has 5 nitrogen and oxygen atoms in total. The molecule has 1 aliphatic carbocycles. The Bertz CT molecular complexity index is 516. The summed E-state index contributed by atoms with van der Waals surface area (Å²) in [5.74, 6) is 0.795. The molecule has 2 rings (SSSR count). The summed E-state index contributed by atoms with van der Waals surface area (Å²) in [6.45, 7) is 2.16. The van der Waals surface area contributed by atoms with Crippen LogP contribution in [0, 0.1) is 5.92 Å². The van der Waals surface area contributed by atoms with Gasteiger partial charge >= 0.3 is 0 Å². The van der Waals surface area contributed by atoms with Crippen LogP contribution in [0.1, 0.15) is 32.6 Å². The summed E-state index contributed by atoms with van der Waals surface area (Å²) < 4.78 is 27.1. The minimum atomic E-state index is -3.48. The number of anilines is 1. The minimum Gasteiger partial charge on any atom is -0.384 e. The van der Waals surface area contributed by atoms with Gasteiger partial charge in [-0.2, -0.15) is 0 Å². The largest absolute Gasteiger partial charge is 0.384 e. The molecule has 1 fully saturated rings. The predicted molar refractivity (Wildman–Crippen MR) is 70.4 cm³/mol. The minimum absolute atomic E-state index is 0.0353. The van der Waals surface area contributed by atoms with E-state index in [1.165, 1.54) is 24.8 Å². The zero-order valence-electron chi connectivity index (χ0n) is 10.5. The van der Waals surface area contributed by atoms with E-state index in [1.807, 2.05) is 0 Å². The molecule has 1 aliphatic rings. The molecule has 1 aromatic rings. The van der Waals surface area contributed by atoms with Crippen LogP contribution in [0.5, 0.6) is 0 Å². The quantitative estimate of drug-likeness (QED) is 0.871. The van der Waals surface area contributed by atoms with Gasteiger partial charge in [0, 0.05) is 18.3 Å². The van der Waals surface area contributed by atoms with Crippen molar-refractivity contribution in [2.24, 2.45) is 5.92 Å². The summed E-state index contributed by atoms with van der Waals surface area (Å²) in [6, 6.07) is 2.88. The summed E-state index contributed by atoms with van der Waals surface area (Å²) in [5, 5.41) is 0. The highest BCUT2D eigenvalue weighted by atomic mass is 32.2. The fraction of sp³-hybridized carbons (Fsp3) is 0.583. The van der Waals surface area contributed by atoms with Gasteiger partial charge < -0.3 is 5.73 Å². The van der Waals surface area contributed by atoms with Crippen LogP contribution in [0.2, 0.25) is 0 Å². The van der Waals surface area contributed by atoms with E-state index < -0.39 is 10.0 Å². The maximum Gasteiger partial charge on any atom is 0.241 e. The molecule has 0 aromatic carbocycles. The number of nitrogens with two attached hydrogens (primary N) is 1. The number of rotatable bonds is 3. The number of nitrogens with one attached hydrogen (secondary N) is 1. The molecule has 0 spiro atoms. The van der Waals surface area contributed by atoms with Crippen LogP contribution >= 0.6 is 0 Å². The van der Waals surface area contributed by atoms with Crippen LogP contribution in [0.15, 0.2) is 23.2 Å². The Morgan fingerprint density at radius 1 is 1.44 bits per heavy atom. The van der Waals surface area contributed by atoms with Gasteiger partial charge in [0.05, 0.1) is 4.90 Å². The molecule has 2 unspecified atom stereocenters. The Hall–Kier alpha value is -1.14. The lowest BCUT2D eigenvalue weighted by Gasteiger charge is -2.27. The zero-order valence-corrected chi connectivity index (χ0v) is 11.3. The first-order valence-electron chi connectivity index (χ1n) is 6.21. The second kappa shape index (κ2) is 5.24. The van der Waals surface area contributed by atoms with E-state index in [0.717, 1.165) is 19.3 Å². The number of nitrogen functional groups attached to an aromatic ring is 1. The lowest BCUT2D eigenvalue weighted by atomic mass is 9.88. The normalized spacial score (nSPS) is 24.9. The Balaban J connectivity index is 2.12. The Morgan fingerprint density at radius 2 is 2.22 bits per heavy atom. The van der Waals surface area contributed by atoms with Crippen molar-refractivity contribution >= 4 is 15.8 Å². The lowest BCUT2D eigenvalue weighted by molar-refractivity contribution is 0.327. The van der Waals surface area contributed by atoms with Gasteiger partial charge in [-0.15, -0.1) is 0 Å². The number of sulfonamides is 1. The standard InChI is InChI=1S/C12H19N3O2S/c1-9-3-2-4-10(7-9)15-18(16,17)11-5-6-14-12(13)8-11/h5-6,8-10,15H,2-4,7H2,1H3,(H2,13,14). The zero-order chi connectivity index (χ0) is 13.2. The summed E-state index contributed by atoms with van der Waals surface area (Å²) in [4.78, 5) is 3.99. The Labute approximate surface area is 108 Å². The van der Waals surface area contributed by atoms with Gasteiger partial charge in [-0.25, -0.2) is 18.1 Å². The maximum atomic E-state index is 12.2. The summed E-state index contributed by atoms with van der Waals surface area (Å²) >= 11 is 0. The average Bonchev–Trinajstić information content (AvgIpc) is 2.28. The van der Waals surface area contributed by atoms with E-state index in [9.17, 15) is 8.42 Å². The number of aromatic nitrogens is 1. The van der Waals surface area contributed by atoms with E-state index in [-0.39, 0.29) is 16.8 Å². The van der Waals surface area contributed by atoms with Gasteiger partial charge in [0.25, 0.3) is 0 Å². The molecule has 2 atom stereocenters. The van der Waals surface area contributed by atoms with Gasteiger partial charge in [-0.3, -0.25) is 0 Å². The molecule has 6 heteroatoms. The number of nitrogens with zero attached hydrogens (tertiary/aromatic N) is 1. The smallest absolute Gasteiger partial charge is 0.241 e. The van der Waals surface area contributed by atoms with Crippen molar-refractivity contribution in [1.82, 2.24) is 9.71 Å². The lowest BCUT2D eigenvalue weighted by Crippen LogP contribution is -2.37. The van der Waals surface area contributed by atoms with E-state index >= 15 is 0 Å². The SMILES string of the molecule is CC1CCCC(NS(=O)(=O)c2ccnc(N)c2)C1. The van der Waals surface area contributed by atoms with Crippen LogP contribution in [-0.2, 0) is 10.0 Å². The second-order valence-electron chi connectivity index (χ2n) is 5.01. The highest BCUT2D eigenvalue weighted by Gasteiger charge is 2.24. The van der Waals surface area contributed by atoms with E-state index in [0.29, 0.717) is 5.92 Å². The third-order valence-electron chi connectivity index (χ3n) is 3.32. The number of pyridine rings is 1. The molecule has 0 amide bonds. The average molecular weight is 269 g/mol. The molecule has 1 heterocycles. The first-order valence-corrected chi connectivity index (χ1v) is 7.69. The summed E-state index contributed by atoms with van der Waals surface area (Å²) in [7, 11) is -3.48. The monoisotopic (exact) mass is 269 g/mol. The van der Waals surface area contributed by atoms with Crippen molar-refractivity contribution in [1.29, 1.82) is 0 Å². The maximum absolute atomic E-state index is 12.2. The molecule has 0 radical (unpaired) electrons. The van der Waals surface area contributed by atoms with Crippen LogP contribution in [0.25, 0.3) is 0 Å². The third kappa shape index (κ3) is 3.20. The second-order valence-corrected chi connectivity index (χ2v) is 6.72. The Morgan fingerprint density at radius 3 is 2.89 bits per heavy atom. The van der Waals surface area contributed by atoms with Gasteiger partial charge in [-0.1, -0.05) is 19.8 Å². The fourth-order valence-corrected chi connectivity index (χ4v) is 3.73. The molecule has 0 saturated heterocycles. The van der Waals surface area contributed by atoms with Crippen molar-refractivity contribution in [2.45, 2.75) is 43.5 Å². The molecule has 1 saturated carbocycles. The highest BCUT2D eigenvalue weighted by molar-refractivity contribution is 7.89. The molecule has 0 aliphatic heterocycles.